The minimum absolute atomic E-state index is 0.316. The Labute approximate surface area is 68.3 Å². The first-order valence-corrected chi connectivity index (χ1v) is 3.82. The quantitative estimate of drug-likeness (QED) is 0.444. The van der Waals surface area contributed by atoms with E-state index in [1.54, 1.807) is 5.06 Å². The van der Waals surface area contributed by atoms with Crippen LogP contribution in [0.5, 0.6) is 0 Å². The van der Waals surface area contributed by atoms with Crippen LogP contribution in [0.4, 0.5) is 0 Å². The van der Waals surface area contributed by atoms with Crippen molar-refractivity contribution in [3.63, 3.8) is 0 Å². The molecule has 0 N–H and O–H groups in total. The average molecular weight is 159 g/mol. The molecule has 0 unspecified atom stereocenters. The molecule has 0 aromatic heterocycles. The maximum atomic E-state index is 10.5. The maximum Gasteiger partial charge on any atom is 0.126 e. The van der Waals surface area contributed by atoms with Crippen molar-refractivity contribution < 1.29 is 9.63 Å². The lowest BCUT2D eigenvalue weighted by atomic mass is 9.96. The number of carbonyl (C=O) groups excluding carboxylic acids is 1. The molecule has 0 aromatic rings. The summed E-state index contributed by atoms with van der Waals surface area (Å²) in [5.41, 5.74) is -0.316. The molecule has 11 heavy (non-hydrogen) atoms. The molecule has 0 saturated carbocycles. The SMILES string of the molecule is CCON(C)CC(C)(C)C=O. The van der Waals surface area contributed by atoms with Gasteiger partial charge in [0.1, 0.15) is 6.29 Å². The van der Waals surface area contributed by atoms with Gasteiger partial charge >= 0.3 is 0 Å². The Kier molecular flexibility index (Phi) is 4.30. The van der Waals surface area contributed by atoms with Gasteiger partial charge in [0, 0.05) is 19.0 Å². The van der Waals surface area contributed by atoms with Crippen molar-refractivity contribution in [2.75, 3.05) is 20.2 Å². The van der Waals surface area contributed by atoms with Gasteiger partial charge in [-0.05, 0) is 6.92 Å². The molecule has 3 heteroatoms. The standard InChI is InChI=1S/C8H17NO2/c1-5-11-9(4)6-8(2,3)7-10/h7H,5-6H2,1-4H3. The first kappa shape index (κ1) is 10.6. The first-order chi connectivity index (χ1) is 5.02. The number of hydrogen-bond acceptors (Lipinski definition) is 3. The van der Waals surface area contributed by atoms with Gasteiger partial charge in [-0.2, -0.15) is 5.06 Å². The second-order valence-corrected chi connectivity index (χ2v) is 3.31. The molecule has 0 spiro atoms. The number of hydroxylamine groups is 2. The summed E-state index contributed by atoms with van der Waals surface area (Å²) in [6.07, 6.45) is 0.947. The lowest BCUT2D eigenvalue weighted by Crippen LogP contribution is -2.32. The minimum atomic E-state index is -0.316. The molecule has 0 rings (SSSR count). The third-order valence-corrected chi connectivity index (χ3v) is 1.30. The molecule has 3 nitrogen and oxygen atoms in total. The Morgan fingerprint density at radius 1 is 1.55 bits per heavy atom. The van der Waals surface area contributed by atoms with Gasteiger partial charge in [-0.25, -0.2) is 0 Å². The van der Waals surface area contributed by atoms with Crippen LogP contribution in [-0.4, -0.2) is 31.5 Å². The van der Waals surface area contributed by atoms with Crippen LogP contribution in [0.25, 0.3) is 0 Å². The number of hydrogen-bond donors (Lipinski definition) is 0. The molecular weight excluding hydrogens is 142 g/mol. The Bertz CT molecular complexity index is 123. The van der Waals surface area contributed by atoms with E-state index in [0.717, 1.165) is 6.29 Å². The Balaban J connectivity index is 3.72. The van der Waals surface area contributed by atoms with E-state index >= 15 is 0 Å². The monoisotopic (exact) mass is 159 g/mol. The predicted molar refractivity (Wildman–Crippen MR) is 44.1 cm³/mol. The van der Waals surface area contributed by atoms with Crippen molar-refractivity contribution in [2.45, 2.75) is 20.8 Å². The summed E-state index contributed by atoms with van der Waals surface area (Å²) in [5.74, 6) is 0. The van der Waals surface area contributed by atoms with Gasteiger partial charge in [0.2, 0.25) is 0 Å². The van der Waals surface area contributed by atoms with Gasteiger partial charge in [-0.15, -0.1) is 0 Å². The van der Waals surface area contributed by atoms with Crippen molar-refractivity contribution in [1.29, 1.82) is 0 Å². The summed E-state index contributed by atoms with van der Waals surface area (Å²) in [7, 11) is 1.83. The van der Waals surface area contributed by atoms with Crippen molar-refractivity contribution in [3.05, 3.63) is 0 Å². The largest absolute Gasteiger partial charge is 0.303 e. The number of rotatable bonds is 5. The molecule has 0 fully saturated rings. The van der Waals surface area contributed by atoms with Crippen LogP contribution in [0.1, 0.15) is 20.8 Å². The zero-order valence-electron chi connectivity index (χ0n) is 7.76. The van der Waals surface area contributed by atoms with Gasteiger partial charge in [0.15, 0.2) is 0 Å². The summed E-state index contributed by atoms with van der Waals surface area (Å²) < 4.78 is 0. The lowest BCUT2D eigenvalue weighted by Gasteiger charge is -2.23. The van der Waals surface area contributed by atoms with Crippen LogP contribution in [0.3, 0.4) is 0 Å². The van der Waals surface area contributed by atoms with Crippen LogP contribution in [0, 0.1) is 5.41 Å². The summed E-state index contributed by atoms with van der Waals surface area (Å²) in [6, 6.07) is 0. The molecule has 0 heterocycles. The molecule has 0 aliphatic heterocycles. The zero-order valence-corrected chi connectivity index (χ0v) is 7.76. The van der Waals surface area contributed by atoms with E-state index in [0.29, 0.717) is 13.2 Å². The van der Waals surface area contributed by atoms with Crippen LogP contribution in [-0.2, 0) is 9.63 Å². The fraction of sp³-hybridized carbons (Fsp3) is 0.875. The van der Waals surface area contributed by atoms with Crippen LogP contribution < -0.4 is 0 Å². The highest BCUT2D eigenvalue weighted by atomic mass is 16.7. The molecule has 0 aliphatic rings. The predicted octanol–water partition coefficient (Wildman–Crippen LogP) is 1.09. The van der Waals surface area contributed by atoms with Crippen molar-refractivity contribution >= 4 is 6.29 Å². The molecule has 0 aromatic carbocycles. The third kappa shape index (κ3) is 4.93. The highest BCUT2D eigenvalue weighted by Gasteiger charge is 2.18. The topological polar surface area (TPSA) is 29.5 Å². The highest BCUT2D eigenvalue weighted by molar-refractivity contribution is 5.58. The van der Waals surface area contributed by atoms with E-state index in [2.05, 4.69) is 0 Å². The van der Waals surface area contributed by atoms with E-state index in [4.69, 9.17) is 4.84 Å². The molecular formula is C8H17NO2. The molecule has 0 saturated heterocycles. The third-order valence-electron chi connectivity index (χ3n) is 1.30. The Morgan fingerprint density at radius 2 is 2.09 bits per heavy atom. The second kappa shape index (κ2) is 4.46. The molecule has 0 amide bonds. The molecule has 0 radical (unpaired) electrons. The van der Waals surface area contributed by atoms with Gasteiger partial charge in [0.05, 0.1) is 6.61 Å². The number of aldehydes is 1. The fourth-order valence-corrected chi connectivity index (χ4v) is 0.877. The summed E-state index contributed by atoms with van der Waals surface area (Å²) >= 11 is 0. The lowest BCUT2D eigenvalue weighted by molar-refractivity contribution is -0.154. The van der Waals surface area contributed by atoms with Crippen molar-refractivity contribution in [2.24, 2.45) is 5.41 Å². The Hall–Kier alpha value is -0.410. The molecule has 0 aliphatic carbocycles. The van der Waals surface area contributed by atoms with Crippen LogP contribution in [0.2, 0.25) is 0 Å². The molecule has 0 atom stereocenters. The van der Waals surface area contributed by atoms with Crippen molar-refractivity contribution in [3.8, 4) is 0 Å². The van der Waals surface area contributed by atoms with Gasteiger partial charge in [-0.1, -0.05) is 13.8 Å². The summed E-state index contributed by atoms with van der Waals surface area (Å²) in [5, 5.41) is 1.69. The van der Waals surface area contributed by atoms with E-state index in [1.165, 1.54) is 0 Å². The van der Waals surface area contributed by atoms with Gasteiger partial charge in [0.25, 0.3) is 0 Å². The van der Waals surface area contributed by atoms with E-state index in [-0.39, 0.29) is 5.41 Å². The minimum Gasteiger partial charge on any atom is -0.303 e. The van der Waals surface area contributed by atoms with Gasteiger partial charge < -0.3 is 4.79 Å². The second-order valence-electron chi connectivity index (χ2n) is 3.31. The first-order valence-electron chi connectivity index (χ1n) is 3.82. The van der Waals surface area contributed by atoms with Crippen LogP contribution in [0.15, 0.2) is 0 Å². The van der Waals surface area contributed by atoms with Crippen LogP contribution >= 0.6 is 0 Å². The molecule has 0 bridgehead atoms. The molecule has 66 valence electrons. The maximum absolute atomic E-state index is 10.5. The normalized spacial score (nSPS) is 12.1. The summed E-state index contributed by atoms with van der Waals surface area (Å²) in [4.78, 5) is 15.6. The number of carbonyl (C=O) groups is 1. The zero-order chi connectivity index (χ0) is 8.91. The number of nitrogens with zero attached hydrogens (tertiary/aromatic N) is 1. The average Bonchev–Trinajstić information content (AvgIpc) is 1.87. The highest BCUT2D eigenvalue weighted by Crippen LogP contribution is 2.11. The Morgan fingerprint density at radius 3 is 2.45 bits per heavy atom. The van der Waals surface area contributed by atoms with E-state index in [1.807, 2.05) is 27.8 Å². The van der Waals surface area contributed by atoms with Gasteiger partial charge in [-0.3, -0.25) is 4.84 Å². The van der Waals surface area contributed by atoms with E-state index in [9.17, 15) is 4.79 Å². The smallest absolute Gasteiger partial charge is 0.126 e. The van der Waals surface area contributed by atoms with Crippen molar-refractivity contribution in [1.82, 2.24) is 5.06 Å². The summed E-state index contributed by atoms with van der Waals surface area (Å²) in [6.45, 7) is 6.96. The fourth-order valence-electron chi connectivity index (χ4n) is 0.877. The van der Waals surface area contributed by atoms with E-state index < -0.39 is 0 Å².